The van der Waals surface area contributed by atoms with Gasteiger partial charge in [-0.2, -0.15) is 0 Å². The molecule has 5 rings (SSSR count). The Labute approximate surface area is 268 Å². The third kappa shape index (κ3) is 6.66. The van der Waals surface area contributed by atoms with Gasteiger partial charge in [-0.25, -0.2) is 0 Å². The number of aromatic nitrogens is 1. The molecule has 2 heteroatoms. The highest BCUT2D eigenvalue weighted by molar-refractivity contribution is 6.07. The molecule has 5 aromatic rings. The van der Waals surface area contributed by atoms with Gasteiger partial charge in [0.05, 0.1) is 11.4 Å². The molecule has 0 spiro atoms. The molecule has 0 amide bonds. The maximum Gasteiger partial charge on any atom is 0.0662 e. The van der Waals surface area contributed by atoms with Gasteiger partial charge < -0.3 is 0 Å². The summed E-state index contributed by atoms with van der Waals surface area (Å²) in [7, 11) is 0. The number of para-hydroxylation sites is 1. The van der Waals surface area contributed by atoms with Crippen molar-refractivity contribution in [1.29, 1.82) is 0 Å². The highest BCUT2D eigenvalue weighted by Gasteiger charge is 2.17. The fourth-order valence-corrected chi connectivity index (χ4v) is 6.28. The van der Waals surface area contributed by atoms with E-state index in [1.807, 2.05) is 25.4 Å². The lowest BCUT2D eigenvalue weighted by Gasteiger charge is -2.18. The highest BCUT2D eigenvalue weighted by atomic mass is 14.8. The molecule has 1 unspecified atom stereocenters. The predicted octanol–water partition coefficient (Wildman–Crippen LogP) is 10.6. The molecular formula is C43H44N2. The largest absolute Gasteiger partial charge is 0.264 e. The molecule has 0 aliphatic heterocycles. The number of aryl methyl sites for hydroxylation is 1. The fourth-order valence-electron chi connectivity index (χ4n) is 6.28. The van der Waals surface area contributed by atoms with Gasteiger partial charge in [0, 0.05) is 17.8 Å². The van der Waals surface area contributed by atoms with Gasteiger partial charge >= 0.3 is 0 Å². The van der Waals surface area contributed by atoms with Gasteiger partial charge in [-0.15, -0.1) is 0 Å². The summed E-state index contributed by atoms with van der Waals surface area (Å²) in [6.45, 7) is 19.1. The van der Waals surface area contributed by atoms with Crippen molar-refractivity contribution in [2.45, 2.75) is 53.9 Å². The minimum absolute atomic E-state index is 0.348. The van der Waals surface area contributed by atoms with Crippen LogP contribution in [0.25, 0.3) is 50.8 Å². The zero-order chi connectivity index (χ0) is 31.9. The second kappa shape index (κ2) is 14.3. The molecule has 0 bridgehead atoms. The van der Waals surface area contributed by atoms with Gasteiger partial charge in [-0.1, -0.05) is 131 Å². The van der Waals surface area contributed by atoms with Crippen LogP contribution in [0.4, 0.5) is 5.69 Å². The van der Waals surface area contributed by atoms with Crippen molar-refractivity contribution in [3.05, 3.63) is 138 Å². The fraction of sp³-hybridized carbons (Fsp3) is 0.209. The second-order valence-electron chi connectivity index (χ2n) is 11.9. The zero-order valence-corrected chi connectivity index (χ0v) is 27.4. The first kappa shape index (κ1) is 31.6. The van der Waals surface area contributed by atoms with E-state index in [9.17, 15) is 0 Å². The van der Waals surface area contributed by atoms with Crippen molar-refractivity contribution >= 4 is 39.9 Å². The molecule has 0 saturated heterocycles. The molecule has 45 heavy (non-hydrogen) atoms. The lowest BCUT2D eigenvalue weighted by Crippen LogP contribution is -2.29. The number of hydrogen-bond acceptors (Lipinski definition) is 2. The number of benzene rings is 4. The van der Waals surface area contributed by atoms with Gasteiger partial charge in [0.25, 0.3) is 0 Å². The van der Waals surface area contributed by atoms with E-state index in [1.165, 1.54) is 38.4 Å². The summed E-state index contributed by atoms with van der Waals surface area (Å²) < 4.78 is 0. The number of hydrogen-bond donors (Lipinski definition) is 0. The van der Waals surface area contributed by atoms with E-state index in [2.05, 4.69) is 137 Å². The monoisotopic (exact) mass is 588 g/mol. The average Bonchev–Trinajstić information content (AvgIpc) is 3.05. The van der Waals surface area contributed by atoms with Crippen LogP contribution in [0, 0.1) is 12.8 Å². The Morgan fingerprint density at radius 1 is 0.844 bits per heavy atom. The normalized spacial score (nSPS) is 13.3. The Balaban J connectivity index is 1.75. The standard InChI is InChI=1S/C43H44N2/c1-8-13-31(7)43(45-40-17-12-11-16-30(40)6)35-24-22-33(23-25-35)41-36(14-9-2)37(15-10-3)42(39-28-44-27-26-38(39)41)34-20-18-32(19-21-34)29(4)5/h10-12,14-28,31H,3-4,8-9,13H2,1-2,5-7H3/b36-14+,37-15+,45-43?. The van der Waals surface area contributed by atoms with Gasteiger partial charge in [-0.05, 0) is 99.5 Å². The van der Waals surface area contributed by atoms with Crippen molar-refractivity contribution in [2.24, 2.45) is 10.9 Å². The van der Waals surface area contributed by atoms with Crippen molar-refractivity contribution in [1.82, 2.24) is 4.98 Å². The first-order valence-electron chi connectivity index (χ1n) is 16.1. The first-order valence-corrected chi connectivity index (χ1v) is 16.1. The van der Waals surface area contributed by atoms with Crippen molar-refractivity contribution in [3.63, 3.8) is 0 Å². The lowest BCUT2D eigenvalue weighted by atomic mass is 9.87. The molecule has 0 aliphatic rings. The van der Waals surface area contributed by atoms with E-state index in [1.54, 1.807) is 0 Å². The zero-order valence-electron chi connectivity index (χ0n) is 27.4. The summed E-state index contributed by atoms with van der Waals surface area (Å²) >= 11 is 0. The minimum atomic E-state index is 0.348. The Morgan fingerprint density at radius 2 is 1.49 bits per heavy atom. The molecule has 0 fully saturated rings. The number of fused-ring (bicyclic) bond motifs is 1. The van der Waals surface area contributed by atoms with Gasteiger partial charge in [0.1, 0.15) is 0 Å². The van der Waals surface area contributed by atoms with E-state index in [0.29, 0.717) is 5.92 Å². The van der Waals surface area contributed by atoms with Crippen LogP contribution in [-0.4, -0.2) is 10.7 Å². The van der Waals surface area contributed by atoms with Crippen molar-refractivity contribution in [2.75, 3.05) is 0 Å². The van der Waals surface area contributed by atoms with Crippen LogP contribution in [0.2, 0.25) is 0 Å². The molecule has 0 N–H and O–H groups in total. The molecule has 1 aromatic heterocycles. The van der Waals surface area contributed by atoms with Crippen molar-refractivity contribution < 1.29 is 0 Å². The van der Waals surface area contributed by atoms with Gasteiger partial charge in [-0.3, -0.25) is 9.98 Å². The topological polar surface area (TPSA) is 25.2 Å². The molecule has 1 heterocycles. The average molecular weight is 589 g/mol. The molecule has 1 atom stereocenters. The Bertz CT molecular complexity index is 1990. The summed E-state index contributed by atoms with van der Waals surface area (Å²) in [4.78, 5) is 9.83. The van der Waals surface area contributed by atoms with Gasteiger partial charge in [0.2, 0.25) is 0 Å². The molecule has 226 valence electrons. The predicted molar refractivity (Wildman–Crippen MR) is 197 cm³/mol. The molecule has 0 aliphatic carbocycles. The summed E-state index contributed by atoms with van der Waals surface area (Å²) in [5.74, 6) is 0.348. The third-order valence-electron chi connectivity index (χ3n) is 8.56. The van der Waals surface area contributed by atoms with E-state index in [4.69, 9.17) is 4.99 Å². The number of rotatable bonds is 10. The van der Waals surface area contributed by atoms with Crippen LogP contribution in [0.1, 0.15) is 63.6 Å². The van der Waals surface area contributed by atoms with Gasteiger partial charge in [0.15, 0.2) is 0 Å². The summed E-state index contributed by atoms with van der Waals surface area (Å²) in [5.41, 5.74) is 11.5. The SMILES string of the molecule is C=C/C=c1/c(-c2ccc(C(=C)C)cc2)c2cnccc2c(-c2ccc(C(=Nc3ccccc3C)C(C)CCC)cc2)/c1=C/CC. The number of pyridine rings is 1. The second-order valence-corrected chi connectivity index (χ2v) is 11.9. The van der Waals surface area contributed by atoms with Crippen LogP contribution in [0.15, 0.2) is 115 Å². The molecule has 2 nitrogen and oxygen atoms in total. The number of allylic oxidation sites excluding steroid dienone is 2. The van der Waals surface area contributed by atoms with Crippen LogP contribution in [0.5, 0.6) is 0 Å². The third-order valence-corrected chi connectivity index (χ3v) is 8.56. The van der Waals surface area contributed by atoms with Crippen LogP contribution >= 0.6 is 0 Å². The lowest BCUT2D eigenvalue weighted by molar-refractivity contribution is 0.667. The molecular weight excluding hydrogens is 544 g/mol. The van der Waals surface area contributed by atoms with E-state index >= 15 is 0 Å². The Hall–Kier alpha value is -4.82. The summed E-state index contributed by atoms with van der Waals surface area (Å²) in [5, 5.41) is 4.69. The summed E-state index contributed by atoms with van der Waals surface area (Å²) in [6.07, 6.45) is 13.4. The Kier molecular flexibility index (Phi) is 10.0. The first-order chi connectivity index (χ1) is 21.9. The molecule has 0 radical (unpaired) electrons. The van der Waals surface area contributed by atoms with Crippen LogP contribution in [0.3, 0.4) is 0 Å². The van der Waals surface area contributed by atoms with E-state index in [0.717, 1.165) is 58.0 Å². The van der Waals surface area contributed by atoms with E-state index < -0.39 is 0 Å². The molecule has 0 saturated carbocycles. The maximum atomic E-state index is 5.23. The van der Waals surface area contributed by atoms with E-state index in [-0.39, 0.29) is 0 Å². The van der Waals surface area contributed by atoms with Crippen molar-refractivity contribution in [3.8, 4) is 22.3 Å². The van der Waals surface area contributed by atoms with Crippen LogP contribution in [-0.2, 0) is 0 Å². The smallest absolute Gasteiger partial charge is 0.0662 e. The highest BCUT2D eigenvalue weighted by Crippen LogP contribution is 2.32. The van der Waals surface area contributed by atoms with Crippen LogP contribution < -0.4 is 10.4 Å². The maximum absolute atomic E-state index is 5.23. The number of aliphatic imine (C=N–C) groups is 1. The minimum Gasteiger partial charge on any atom is -0.264 e. The Morgan fingerprint density at radius 3 is 2.09 bits per heavy atom. The quantitative estimate of drug-likeness (QED) is 0.149. The molecule has 4 aromatic carbocycles. The summed E-state index contributed by atoms with van der Waals surface area (Å²) in [6, 6.07) is 28.3. The number of nitrogens with zero attached hydrogens (tertiary/aromatic N) is 2.